The highest BCUT2D eigenvalue weighted by Gasteiger charge is 1.96. The van der Waals surface area contributed by atoms with Crippen molar-refractivity contribution >= 4 is 30.6 Å². The monoisotopic (exact) mass is 224 g/mol. The number of hydrogen-bond donors (Lipinski definition) is 2. The fraction of sp³-hybridized carbons (Fsp3) is 0.429. The molecule has 3 N–H and O–H groups in total. The minimum absolute atomic E-state index is 0. The summed E-state index contributed by atoms with van der Waals surface area (Å²) < 4.78 is 1.97. The summed E-state index contributed by atoms with van der Waals surface area (Å²) >= 11 is 0. The number of halogens is 2. The molecule has 0 bridgehead atoms. The van der Waals surface area contributed by atoms with E-state index in [0.717, 1.165) is 12.4 Å². The lowest BCUT2D eigenvalue weighted by atomic mass is 10.4. The van der Waals surface area contributed by atoms with E-state index >= 15 is 0 Å². The number of aryl methyl sites for hydroxylation is 2. The first-order valence-electron chi connectivity index (χ1n) is 3.51. The van der Waals surface area contributed by atoms with Gasteiger partial charge in [0, 0.05) is 25.4 Å². The first-order valence-corrected chi connectivity index (χ1v) is 3.51. The summed E-state index contributed by atoms with van der Waals surface area (Å²) in [6, 6.07) is 0. The second-order valence-corrected chi connectivity index (χ2v) is 2.44. The van der Waals surface area contributed by atoms with Crippen molar-refractivity contribution in [3.05, 3.63) is 18.2 Å². The van der Waals surface area contributed by atoms with Crippen LogP contribution >= 0.6 is 24.8 Å². The molecule has 76 valence electrons. The van der Waals surface area contributed by atoms with E-state index in [1.54, 1.807) is 6.20 Å². The van der Waals surface area contributed by atoms with Crippen LogP contribution in [0.1, 0.15) is 12.2 Å². The van der Waals surface area contributed by atoms with Crippen molar-refractivity contribution < 1.29 is 0 Å². The predicted molar refractivity (Wildman–Crippen MR) is 58.0 cm³/mol. The fourth-order valence-corrected chi connectivity index (χ4v) is 0.881. The molecular weight excluding hydrogens is 211 g/mol. The molecule has 0 radical (unpaired) electrons. The van der Waals surface area contributed by atoms with Crippen molar-refractivity contribution in [2.45, 2.75) is 19.9 Å². The van der Waals surface area contributed by atoms with E-state index in [9.17, 15) is 0 Å². The topological polar surface area (TPSA) is 67.7 Å². The molecule has 0 aliphatic carbocycles. The lowest BCUT2D eigenvalue weighted by molar-refractivity contribution is 0.695. The summed E-state index contributed by atoms with van der Waals surface area (Å²) in [6.07, 6.45) is 4.23. The van der Waals surface area contributed by atoms with Crippen LogP contribution in [0.3, 0.4) is 0 Å². The summed E-state index contributed by atoms with van der Waals surface area (Å²) in [5.41, 5.74) is 5.21. The molecule has 1 heterocycles. The molecule has 0 saturated heterocycles. The molecule has 1 aromatic heterocycles. The molecule has 0 aliphatic rings. The van der Waals surface area contributed by atoms with Crippen LogP contribution in [0, 0.1) is 12.3 Å². The summed E-state index contributed by atoms with van der Waals surface area (Å²) in [7, 11) is 0. The Kier molecular flexibility index (Phi) is 7.66. The van der Waals surface area contributed by atoms with Gasteiger partial charge < -0.3 is 10.3 Å². The average Bonchev–Trinajstić information content (AvgIpc) is 2.31. The fourth-order valence-electron chi connectivity index (χ4n) is 0.881. The quantitative estimate of drug-likeness (QED) is 0.602. The predicted octanol–water partition coefficient (Wildman–Crippen LogP) is 1.36. The minimum Gasteiger partial charge on any atom is -0.388 e. The van der Waals surface area contributed by atoms with Gasteiger partial charge in [0.1, 0.15) is 5.82 Å². The Morgan fingerprint density at radius 2 is 2.23 bits per heavy atom. The molecule has 0 aromatic carbocycles. The van der Waals surface area contributed by atoms with E-state index in [1.807, 2.05) is 17.7 Å². The van der Waals surface area contributed by atoms with Gasteiger partial charge in [-0.3, -0.25) is 5.41 Å². The number of aromatic nitrogens is 2. The van der Waals surface area contributed by atoms with Crippen LogP contribution in [-0.2, 0) is 6.54 Å². The molecule has 1 rings (SSSR count). The first kappa shape index (κ1) is 14.8. The molecule has 0 unspecified atom stereocenters. The number of nitrogens with two attached hydrogens (primary N) is 1. The molecule has 0 saturated carbocycles. The van der Waals surface area contributed by atoms with Crippen LogP contribution in [-0.4, -0.2) is 15.4 Å². The lowest BCUT2D eigenvalue weighted by Gasteiger charge is -2.02. The Morgan fingerprint density at radius 3 is 2.62 bits per heavy atom. The molecule has 6 heteroatoms. The highest BCUT2D eigenvalue weighted by atomic mass is 35.5. The second-order valence-electron chi connectivity index (χ2n) is 2.44. The van der Waals surface area contributed by atoms with Gasteiger partial charge in [-0.15, -0.1) is 24.8 Å². The number of nitrogens with zero attached hydrogens (tertiary/aromatic N) is 2. The molecule has 0 atom stereocenters. The van der Waals surface area contributed by atoms with Crippen LogP contribution in [0.5, 0.6) is 0 Å². The van der Waals surface area contributed by atoms with Gasteiger partial charge in [-0.05, 0) is 6.92 Å². The maximum Gasteiger partial charge on any atom is 0.105 e. The van der Waals surface area contributed by atoms with Crippen molar-refractivity contribution in [3.8, 4) is 0 Å². The SMILES string of the molecule is Cc1nccn1CCC(=N)N.Cl.Cl. The van der Waals surface area contributed by atoms with Gasteiger partial charge in [0.15, 0.2) is 0 Å². The van der Waals surface area contributed by atoms with Crippen LogP contribution in [0.4, 0.5) is 0 Å². The summed E-state index contributed by atoms with van der Waals surface area (Å²) in [4.78, 5) is 4.05. The number of rotatable bonds is 3. The third kappa shape index (κ3) is 4.75. The van der Waals surface area contributed by atoms with E-state index < -0.39 is 0 Å². The third-order valence-corrected chi connectivity index (χ3v) is 1.55. The van der Waals surface area contributed by atoms with Gasteiger partial charge in [-0.2, -0.15) is 0 Å². The molecule has 0 aliphatic heterocycles. The van der Waals surface area contributed by atoms with Crippen molar-refractivity contribution in [1.29, 1.82) is 5.41 Å². The maximum absolute atomic E-state index is 7.01. The van der Waals surface area contributed by atoms with Gasteiger partial charge in [0.25, 0.3) is 0 Å². The van der Waals surface area contributed by atoms with E-state index in [2.05, 4.69) is 4.98 Å². The van der Waals surface area contributed by atoms with Gasteiger partial charge in [-0.1, -0.05) is 0 Å². The first-order chi connectivity index (χ1) is 5.20. The molecule has 0 spiro atoms. The largest absolute Gasteiger partial charge is 0.388 e. The minimum atomic E-state index is 0. The van der Waals surface area contributed by atoms with Gasteiger partial charge in [0.2, 0.25) is 0 Å². The van der Waals surface area contributed by atoms with E-state index in [-0.39, 0.29) is 30.6 Å². The Bertz CT molecular complexity index is 259. The Hall–Kier alpha value is -0.740. The normalized spacial score (nSPS) is 8.38. The van der Waals surface area contributed by atoms with Crippen molar-refractivity contribution in [1.82, 2.24) is 9.55 Å². The maximum atomic E-state index is 7.01. The van der Waals surface area contributed by atoms with Crippen LogP contribution < -0.4 is 5.73 Å². The number of hydrogen-bond acceptors (Lipinski definition) is 2. The molecule has 13 heavy (non-hydrogen) atoms. The highest BCUT2D eigenvalue weighted by Crippen LogP contribution is 1.96. The van der Waals surface area contributed by atoms with E-state index in [0.29, 0.717) is 6.42 Å². The number of nitrogens with one attached hydrogen (secondary N) is 1. The average molecular weight is 225 g/mol. The van der Waals surface area contributed by atoms with Crippen molar-refractivity contribution in [2.75, 3.05) is 0 Å². The summed E-state index contributed by atoms with van der Waals surface area (Å²) in [5, 5.41) is 7.01. The zero-order valence-electron chi connectivity index (χ0n) is 7.36. The Balaban J connectivity index is 0. The van der Waals surface area contributed by atoms with Gasteiger partial charge in [-0.25, -0.2) is 4.98 Å². The van der Waals surface area contributed by atoms with Gasteiger partial charge in [0.05, 0.1) is 5.84 Å². The second kappa shape index (κ2) is 6.74. The highest BCUT2D eigenvalue weighted by molar-refractivity contribution is 5.85. The van der Waals surface area contributed by atoms with Crippen molar-refractivity contribution in [3.63, 3.8) is 0 Å². The number of amidine groups is 1. The molecule has 4 nitrogen and oxygen atoms in total. The van der Waals surface area contributed by atoms with E-state index in [4.69, 9.17) is 11.1 Å². The number of imidazole rings is 1. The smallest absolute Gasteiger partial charge is 0.105 e. The lowest BCUT2D eigenvalue weighted by Crippen LogP contribution is -2.13. The standard InChI is InChI=1S/C7H12N4.2ClH/c1-6-10-3-5-11(6)4-2-7(8)9;;/h3,5H,2,4H2,1H3,(H3,8,9);2*1H. The van der Waals surface area contributed by atoms with Crippen LogP contribution in [0.15, 0.2) is 12.4 Å². The van der Waals surface area contributed by atoms with Crippen molar-refractivity contribution in [2.24, 2.45) is 5.73 Å². The molecule has 1 aromatic rings. The zero-order valence-corrected chi connectivity index (χ0v) is 8.99. The Morgan fingerprint density at radius 1 is 1.62 bits per heavy atom. The molecular formula is C7H14Cl2N4. The molecule has 0 amide bonds. The third-order valence-electron chi connectivity index (χ3n) is 1.55. The summed E-state index contributed by atoms with van der Waals surface area (Å²) in [6.45, 7) is 2.68. The van der Waals surface area contributed by atoms with E-state index in [1.165, 1.54) is 0 Å². The summed E-state index contributed by atoms with van der Waals surface area (Å²) in [5.74, 6) is 1.18. The van der Waals surface area contributed by atoms with Crippen LogP contribution in [0.2, 0.25) is 0 Å². The van der Waals surface area contributed by atoms with Crippen LogP contribution in [0.25, 0.3) is 0 Å². The zero-order chi connectivity index (χ0) is 8.27. The van der Waals surface area contributed by atoms with Gasteiger partial charge >= 0.3 is 0 Å². The molecule has 0 fully saturated rings. The Labute approximate surface area is 89.9 Å².